The van der Waals surface area contributed by atoms with Crippen LogP contribution in [-0.4, -0.2) is 25.8 Å². The van der Waals surface area contributed by atoms with E-state index in [1.807, 2.05) is 24.3 Å². The van der Waals surface area contributed by atoms with Gasteiger partial charge in [0.25, 0.3) is 5.91 Å². The summed E-state index contributed by atoms with van der Waals surface area (Å²) in [7, 11) is 1.58. The molecular formula is C22H18ClFN2O3. The number of rotatable bonds is 7. The molecule has 29 heavy (non-hydrogen) atoms. The zero-order chi connectivity index (χ0) is 20.6. The second-order valence-electron chi connectivity index (χ2n) is 5.94. The molecule has 0 bridgehead atoms. The second kappa shape index (κ2) is 9.71. The third kappa shape index (κ3) is 5.56. The highest BCUT2D eigenvalue weighted by molar-refractivity contribution is 6.32. The van der Waals surface area contributed by atoms with E-state index in [0.29, 0.717) is 22.2 Å². The van der Waals surface area contributed by atoms with Gasteiger partial charge in [-0.2, -0.15) is 0 Å². The van der Waals surface area contributed by atoms with E-state index in [1.165, 1.54) is 12.1 Å². The lowest BCUT2D eigenvalue weighted by Crippen LogP contribution is -2.20. The second-order valence-corrected chi connectivity index (χ2v) is 6.34. The van der Waals surface area contributed by atoms with Crippen LogP contribution in [0.15, 0.2) is 71.7 Å². The molecule has 3 aromatic rings. The van der Waals surface area contributed by atoms with Crippen LogP contribution in [0, 0.1) is 5.82 Å². The third-order valence-electron chi connectivity index (χ3n) is 3.90. The maximum Gasteiger partial charge on any atom is 0.262 e. The van der Waals surface area contributed by atoms with Gasteiger partial charge in [0.2, 0.25) is 0 Å². The van der Waals surface area contributed by atoms with Crippen molar-refractivity contribution < 1.29 is 18.7 Å². The summed E-state index contributed by atoms with van der Waals surface area (Å²) < 4.78 is 24.3. The standard InChI is InChI=1S/C22H18ClFN2O3/c1-28-21-9-5-4-8-19(21)25-13-15-10-11-20(16(23)12-15)29-14-22(27)26-18-7-3-2-6-17(18)24/h2-13H,14H2,1H3,(H,26,27). The Morgan fingerprint density at radius 1 is 1.10 bits per heavy atom. The Morgan fingerprint density at radius 3 is 2.62 bits per heavy atom. The van der Waals surface area contributed by atoms with Crippen molar-refractivity contribution in [2.24, 2.45) is 4.99 Å². The molecule has 1 N–H and O–H groups in total. The van der Waals surface area contributed by atoms with Crippen LogP contribution >= 0.6 is 11.6 Å². The average molecular weight is 413 g/mol. The lowest BCUT2D eigenvalue weighted by Gasteiger charge is -2.10. The maximum atomic E-state index is 13.6. The SMILES string of the molecule is COc1ccccc1N=Cc1ccc(OCC(=O)Nc2ccccc2F)c(Cl)c1. The summed E-state index contributed by atoms with van der Waals surface area (Å²) in [4.78, 5) is 16.4. The van der Waals surface area contributed by atoms with E-state index < -0.39 is 11.7 Å². The van der Waals surface area contributed by atoms with Gasteiger partial charge in [-0.25, -0.2) is 4.39 Å². The van der Waals surface area contributed by atoms with Crippen LogP contribution in [0.2, 0.25) is 5.02 Å². The Labute approximate surface area is 172 Å². The molecule has 0 fully saturated rings. The van der Waals surface area contributed by atoms with Crippen LogP contribution in [0.5, 0.6) is 11.5 Å². The fourth-order valence-electron chi connectivity index (χ4n) is 2.49. The van der Waals surface area contributed by atoms with Crippen molar-refractivity contribution in [3.05, 3.63) is 83.1 Å². The Bertz CT molecular complexity index is 1040. The highest BCUT2D eigenvalue weighted by Crippen LogP contribution is 2.28. The predicted octanol–water partition coefficient (Wildman–Crippen LogP) is 5.26. The smallest absolute Gasteiger partial charge is 0.262 e. The molecule has 148 valence electrons. The van der Waals surface area contributed by atoms with Gasteiger partial charge in [-0.05, 0) is 48.0 Å². The molecule has 3 aromatic carbocycles. The third-order valence-corrected chi connectivity index (χ3v) is 4.20. The van der Waals surface area contributed by atoms with E-state index in [0.717, 1.165) is 5.56 Å². The normalized spacial score (nSPS) is 10.7. The van der Waals surface area contributed by atoms with Crippen LogP contribution in [-0.2, 0) is 4.79 Å². The number of anilines is 1. The fourth-order valence-corrected chi connectivity index (χ4v) is 2.73. The Kier molecular flexibility index (Phi) is 6.81. The number of benzene rings is 3. The van der Waals surface area contributed by atoms with E-state index >= 15 is 0 Å². The van der Waals surface area contributed by atoms with Crippen molar-refractivity contribution in [2.75, 3.05) is 19.0 Å². The number of carbonyl (C=O) groups excluding carboxylic acids is 1. The molecule has 0 atom stereocenters. The number of carbonyl (C=O) groups is 1. The quantitative estimate of drug-likeness (QED) is 0.539. The minimum atomic E-state index is -0.516. The van der Waals surface area contributed by atoms with Crippen molar-refractivity contribution >= 4 is 35.1 Å². The van der Waals surface area contributed by atoms with Crippen LogP contribution in [0.1, 0.15) is 5.56 Å². The molecule has 0 saturated carbocycles. The number of nitrogens with one attached hydrogen (secondary N) is 1. The molecule has 0 aliphatic carbocycles. The lowest BCUT2D eigenvalue weighted by molar-refractivity contribution is -0.118. The number of halogens is 2. The molecule has 0 unspecified atom stereocenters. The molecule has 3 rings (SSSR count). The number of aliphatic imine (C=N–C) groups is 1. The maximum absolute atomic E-state index is 13.6. The molecule has 0 spiro atoms. The van der Waals surface area contributed by atoms with Crippen molar-refractivity contribution in [1.29, 1.82) is 0 Å². The molecule has 0 aliphatic rings. The molecule has 5 nitrogen and oxygen atoms in total. The lowest BCUT2D eigenvalue weighted by atomic mass is 10.2. The average Bonchev–Trinajstić information content (AvgIpc) is 2.73. The van der Waals surface area contributed by atoms with Crippen LogP contribution in [0.4, 0.5) is 15.8 Å². The minimum absolute atomic E-state index is 0.0927. The van der Waals surface area contributed by atoms with E-state index in [-0.39, 0.29) is 12.3 Å². The number of nitrogens with zero attached hydrogens (tertiary/aromatic N) is 1. The summed E-state index contributed by atoms with van der Waals surface area (Å²) in [6.07, 6.45) is 1.65. The molecule has 0 aliphatic heterocycles. The molecule has 0 saturated heterocycles. The number of hydrogen-bond acceptors (Lipinski definition) is 4. The van der Waals surface area contributed by atoms with Crippen molar-refractivity contribution in [3.63, 3.8) is 0 Å². The zero-order valence-electron chi connectivity index (χ0n) is 15.6. The number of methoxy groups -OCH3 is 1. The van der Waals surface area contributed by atoms with E-state index in [2.05, 4.69) is 10.3 Å². The number of hydrogen-bond donors (Lipinski definition) is 1. The van der Waals surface area contributed by atoms with Gasteiger partial charge in [-0.3, -0.25) is 9.79 Å². The Balaban J connectivity index is 1.61. The number of para-hydroxylation sites is 3. The molecule has 1 amide bonds. The van der Waals surface area contributed by atoms with Gasteiger partial charge in [0.05, 0.1) is 17.8 Å². The van der Waals surface area contributed by atoms with Gasteiger partial charge in [0.15, 0.2) is 6.61 Å². The summed E-state index contributed by atoms with van der Waals surface area (Å²) in [6.45, 7) is -0.303. The van der Waals surface area contributed by atoms with Crippen LogP contribution < -0.4 is 14.8 Å². The van der Waals surface area contributed by atoms with Gasteiger partial charge in [0, 0.05) is 6.21 Å². The van der Waals surface area contributed by atoms with E-state index in [1.54, 1.807) is 43.7 Å². The highest BCUT2D eigenvalue weighted by Gasteiger charge is 2.09. The van der Waals surface area contributed by atoms with Gasteiger partial charge >= 0.3 is 0 Å². The fraction of sp³-hybridized carbons (Fsp3) is 0.0909. The zero-order valence-corrected chi connectivity index (χ0v) is 16.3. The first-order chi connectivity index (χ1) is 14.1. The topological polar surface area (TPSA) is 59.9 Å². The Morgan fingerprint density at radius 2 is 1.86 bits per heavy atom. The van der Waals surface area contributed by atoms with Crippen molar-refractivity contribution in [2.45, 2.75) is 0 Å². The number of amides is 1. The first-order valence-electron chi connectivity index (χ1n) is 8.70. The Hall–Kier alpha value is -3.38. The molecule has 7 heteroatoms. The molecule has 0 aromatic heterocycles. The van der Waals surface area contributed by atoms with Gasteiger partial charge in [-0.15, -0.1) is 0 Å². The molecule has 0 heterocycles. The van der Waals surface area contributed by atoms with Crippen LogP contribution in [0.3, 0.4) is 0 Å². The highest BCUT2D eigenvalue weighted by atomic mass is 35.5. The minimum Gasteiger partial charge on any atom is -0.494 e. The van der Waals surface area contributed by atoms with Crippen molar-refractivity contribution in [3.8, 4) is 11.5 Å². The number of ether oxygens (including phenoxy) is 2. The summed E-state index contributed by atoms with van der Waals surface area (Å²) in [5.74, 6) is -0.00833. The first-order valence-corrected chi connectivity index (χ1v) is 9.08. The summed E-state index contributed by atoms with van der Waals surface area (Å²) in [5, 5.41) is 2.77. The van der Waals surface area contributed by atoms with Crippen molar-refractivity contribution in [1.82, 2.24) is 0 Å². The molecular weight excluding hydrogens is 395 g/mol. The summed E-state index contributed by atoms with van der Waals surface area (Å²) in [6, 6.07) is 18.4. The van der Waals surface area contributed by atoms with Crippen LogP contribution in [0.25, 0.3) is 0 Å². The summed E-state index contributed by atoms with van der Waals surface area (Å²) in [5.41, 5.74) is 1.54. The summed E-state index contributed by atoms with van der Waals surface area (Å²) >= 11 is 6.24. The van der Waals surface area contributed by atoms with Gasteiger partial charge in [-0.1, -0.05) is 35.9 Å². The van der Waals surface area contributed by atoms with E-state index in [9.17, 15) is 9.18 Å². The monoisotopic (exact) mass is 412 g/mol. The predicted molar refractivity (Wildman–Crippen MR) is 112 cm³/mol. The van der Waals surface area contributed by atoms with Gasteiger partial charge in [0.1, 0.15) is 23.0 Å². The largest absolute Gasteiger partial charge is 0.494 e. The first kappa shape index (κ1) is 20.4. The van der Waals surface area contributed by atoms with E-state index in [4.69, 9.17) is 21.1 Å². The molecule has 0 radical (unpaired) electrons. The van der Waals surface area contributed by atoms with Gasteiger partial charge < -0.3 is 14.8 Å².